The maximum atomic E-state index is 11.8. The third-order valence-corrected chi connectivity index (χ3v) is 8.48. The number of Topliss-reactive ketones (excluding diaryl/α,β-unsaturated/α-hetero) is 1. The van der Waals surface area contributed by atoms with Gasteiger partial charge < -0.3 is 35.6 Å². The Hall–Kier alpha value is -2.53. The normalized spacial score (nSPS) is 12.2. The van der Waals surface area contributed by atoms with E-state index in [1.165, 1.54) is 0 Å². The summed E-state index contributed by atoms with van der Waals surface area (Å²) in [6.45, 7) is 36.3. The molecular weight excluding hydrogens is 682 g/mol. The third-order valence-electron chi connectivity index (χ3n) is 8.48. The Morgan fingerprint density at radius 2 is 1.33 bits per heavy atom. The number of nitrogens with two attached hydrogens (primary N) is 2. The molecule has 0 aliphatic carbocycles. The molecule has 1 aromatic carbocycles. The topological polar surface area (TPSA) is 163 Å². The first-order chi connectivity index (χ1) is 24.4. The summed E-state index contributed by atoms with van der Waals surface area (Å²) in [5.41, 5.74) is 11.2. The van der Waals surface area contributed by atoms with E-state index >= 15 is 0 Å². The van der Waals surface area contributed by atoms with Crippen LogP contribution in [-0.4, -0.2) is 67.5 Å². The molecule has 0 fully saturated rings. The van der Waals surface area contributed by atoms with E-state index in [4.69, 9.17) is 30.8 Å². The maximum Gasteiger partial charge on any atom is 0.223 e. The molecule has 318 valence electrons. The number of primary amides is 2. The average Bonchev–Trinajstić information content (AvgIpc) is 2.99. The molecule has 54 heavy (non-hydrogen) atoms. The molecule has 0 spiro atoms. The minimum Gasteiger partial charge on any atom is -0.488 e. The number of carbonyl (C=O) groups is 3. The zero-order chi connectivity index (χ0) is 43.1. The highest BCUT2D eigenvalue weighted by Gasteiger charge is 2.36. The number of rotatable bonds is 21. The smallest absolute Gasteiger partial charge is 0.223 e. The molecule has 0 saturated heterocycles. The lowest BCUT2D eigenvalue weighted by atomic mass is 9.71. The van der Waals surface area contributed by atoms with Gasteiger partial charge in [-0.2, -0.15) is 0 Å². The fourth-order valence-corrected chi connectivity index (χ4v) is 5.62. The van der Waals surface area contributed by atoms with Gasteiger partial charge in [-0.25, -0.2) is 0 Å². The van der Waals surface area contributed by atoms with Gasteiger partial charge in [-0.3, -0.25) is 14.9 Å². The van der Waals surface area contributed by atoms with E-state index in [2.05, 4.69) is 59.8 Å². The van der Waals surface area contributed by atoms with Gasteiger partial charge in [0.05, 0.1) is 12.3 Å². The molecule has 0 bridgehead atoms. The maximum absolute atomic E-state index is 11.8. The van der Waals surface area contributed by atoms with Crippen LogP contribution in [0.3, 0.4) is 0 Å². The summed E-state index contributed by atoms with van der Waals surface area (Å²) in [5.74, 6) is 1.53. The number of aliphatic hydroxyl groups is 1. The molecule has 2 amide bonds. The Kier molecular flexibility index (Phi) is 27.2. The number of ketones is 1. The molecule has 0 saturated carbocycles. The SMILES string of the molecule is CC(=O)CCC(C)(C)OCCC(C)C.CC(C)CO.CCOCNC.Cc1ccc(OC(C)(C)CC(C)(C)C(N)=O)c(CC(C)(C)CC(C)(C)C(N)=O)c1. The molecule has 0 unspecified atom stereocenters. The van der Waals surface area contributed by atoms with E-state index in [0.29, 0.717) is 44.4 Å². The van der Waals surface area contributed by atoms with Crippen LogP contribution in [0.15, 0.2) is 18.2 Å². The van der Waals surface area contributed by atoms with Gasteiger partial charge in [-0.15, -0.1) is 0 Å². The van der Waals surface area contributed by atoms with E-state index in [1.54, 1.807) is 6.92 Å². The largest absolute Gasteiger partial charge is 0.488 e. The van der Waals surface area contributed by atoms with Crippen molar-refractivity contribution in [2.45, 2.75) is 167 Å². The number of benzene rings is 1. The number of aliphatic hydroxyl groups excluding tert-OH is 1. The van der Waals surface area contributed by atoms with E-state index in [9.17, 15) is 14.4 Å². The van der Waals surface area contributed by atoms with Crippen molar-refractivity contribution in [2.24, 2.45) is 39.5 Å². The first-order valence-electron chi connectivity index (χ1n) is 19.7. The molecular formula is C44H85N3O7. The number of nitrogens with one attached hydrogen (secondary N) is 1. The average molecular weight is 768 g/mol. The Labute approximate surface area is 331 Å². The summed E-state index contributed by atoms with van der Waals surface area (Å²) in [5, 5.41) is 11.0. The minimum absolute atomic E-state index is 0.152. The van der Waals surface area contributed by atoms with E-state index in [-0.39, 0.29) is 28.6 Å². The summed E-state index contributed by atoms with van der Waals surface area (Å²) in [6.07, 6.45) is 4.44. The highest BCUT2D eigenvalue weighted by atomic mass is 16.5. The lowest BCUT2D eigenvalue weighted by molar-refractivity contribution is -0.128. The fourth-order valence-electron chi connectivity index (χ4n) is 5.62. The van der Waals surface area contributed by atoms with Gasteiger partial charge in [0.25, 0.3) is 0 Å². The van der Waals surface area contributed by atoms with Crippen LogP contribution >= 0.6 is 0 Å². The summed E-state index contributed by atoms with van der Waals surface area (Å²) < 4.78 is 17.0. The van der Waals surface area contributed by atoms with Crippen LogP contribution in [0.5, 0.6) is 5.75 Å². The number of amides is 2. The van der Waals surface area contributed by atoms with Gasteiger partial charge in [0, 0.05) is 43.5 Å². The molecule has 6 N–H and O–H groups in total. The van der Waals surface area contributed by atoms with Gasteiger partial charge in [0.1, 0.15) is 17.1 Å². The zero-order valence-corrected chi connectivity index (χ0v) is 38.0. The van der Waals surface area contributed by atoms with Gasteiger partial charge in [0.15, 0.2) is 0 Å². The quantitative estimate of drug-likeness (QED) is 0.0714. The zero-order valence-electron chi connectivity index (χ0n) is 38.0. The van der Waals surface area contributed by atoms with Crippen molar-refractivity contribution >= 4 is 17.6 Å². The van der Waals surface area contributed by atoms with Gasteiger partial charge >= 0.3 is 0 Å². The second-order valence-corrected chi connectivity index (χ2v) is 18.7. The molecule has 0 aliphatic rings. The molecule has 1 rings (SSSR count). The Bertz CT molecular complexity index is 1200. The van der Waals surface area contributed by atoms with Crippen molar-refractivity contribution in [2.75, 3.05) is 33.6 Å². The Balaban J connectivity index is -0.000000852. The van der Waals surface area contributed by atoms with Crippen LogP contribution in [0, 0.1) is 35.0 Å². The second-order valence-electron chi connectivity index (χ2n) is 18.7. The molecule has 0 radical (unpaired) electrons. The summed E-state index contributed by atoms with van der Waals surface area (Å²) in [4.78, 5) is 34.4. The standard InChI is InChI=1S/C24H40N2O3.C12H24O2.C4H11NO.C4H10O/c1-16-10-11-18(29-24(8,9)15-23(6,7)20(26)28)17(12-16)13-21(2,3)14-22(4,5)19(25)27;1-10(2)7-9-14-12(4,5)8-6-11(3)13;1-3-6-4-5-2;1-4(2)3-5/h10-12H,13-15H2,1-9H3,(H2,25,27)(H2,26,28);10H,6-9H2,1-5H3;5H,3-4H2,1-2H3;4-5H,3H2,1-2H3. The number of carbonyl (C=O) groups excluding carboxylic acids is 3. The number of hydrogen-bond acceptors (Lipinski definition) is 8. The monoisotopic (exact) mass is 768 g/mol. The molecule has 0 aliphatic heterocycles. The van der Waals surface area contributed by atoms with Crippen molar-refractivity contribution in [1.29, 1.82) is 0 Å². The number of aryl methyl sites for hydroxylation is 1. The van der Waals surface area contributed by atoms with Crippen molar-refractivity contribution in [3.8, 4) is 5.75 Å². The molecule has 0 heterocycles. The lowest BCUT2D eigenvalue weighted by Crippen LogP contribution is -2.41. The van der Waals surface area contributed by atoms with Crippen LogP contribution in [0.1, 0.15) is 154 Å². The minimum atomic E-state index is -0.668. The van der Waals surface area contributed by atoms with Crippen LogP contribution in [0.2, 0.25) is 0 Å². The Morgan fingerprint density at radius 1 is 0.833 bits per heavy atom. The molecule has 10 nitrogen and oxygen atoms in total. The summed E-state index contributed by atoms with van der Waals surface area (Å²) in [6, 6.07) is 6.14. The highest BCUT2D eigenvalue weighted by Crippen LogP contribution is 2.40. The molecule has 10 heteroatoms. The predicted octanol–water partition coefficient (Wildman–Crippen LogP) is 8.56. The molecule has 0 atom stereocenters. The van der Waals surface area contributed by atoms with Crippen LogP contribution < -0.4 is 21.5 Å². The summed E-state index contributed by atoms with van der Waals surface area (Å²) >= 11 is 0. The van der Waals surface area contributed by atoms with E-state index < -0.39 is 16.4 Å². The number of hydrogen-bond donors (Lipinski definition) is 4. The van der Waals surface area contributed by atoms with Gasteiger partial charge in [-0.1, -0.05) is 86.9 Å². The van der Waals surface area contributed by atoms with Crippen LogP contribution in [0.4, 0.5) is 0 Å². The van der Waals surface area contributed by atoms with Gasteiger partial charge in [-0.05, 0) is 110 Å². The second kappa shape index (κ2) is 26.3. The first-order valence-corrected chi connectivity index (χ1v) is 19.7. The van der Waals surface area contributed by atoms with E-state index in [0.717, 1.165) is 49.4 Å². The predicted molar refractivity (Wildman–Crippen MR) is 225 cm³/mol. The fraction of sp³-hybridized carbons (Fsp3) is 0.795. The van der Waals surface area contributed by atoms with Crippen LogP contribution in [0.25, 0.3) is 0 Å². The van der Waals surface area contributed by atoms with Crippen molar-refractivity contribution in [3.63, 3.8) is 0 Å². The van der Waals surface area contributed by atoms with E-state index in [1.807, 2.05) is 81.5 Å². The molecule has 0 aromatic heterocycles. The van der Waals surface area contributed by atoms with Crippen molar-refractivity contribution in [3.05, 3.63) is 29.3 Å². The third kappa shape index (κ3) is 29.8. The van der Waals surface area contributed by atoms with Crippen molar-refractivity contribution < 1.29 is 33.7 Å². The van der Waals surface area contributed by atoms with Gasteiger partial charge in [0.2, 0.25) is 11.8 Å². The highest BCUT2D eigenvalue weighted by molar-refractivity contribution is 5.80. The summed E-state index contributed by atoms with van der Waals surface area (Å²) in [7, 11) is 1.86. The Morgan fingerprint density at radius 3 is 1.72 bits per heavy atom. The number of ether oxygens (including phenoxy) is 3. The first kappa shape index (κ1) is 55.8. The van der Waals surface area contributed by atoms with Crippen LogP contribution in [-0.2, 0) is 30.3 Å². The lowest BCUT2D eigenvalue weighted by Gasteiger charge is -2.36. The molecule has 1 aromatic rings. The van der Waals surface area contributed by atoms with Crippen molar-refractivity contribution in [1.82, 2.24) is 5.32 Å².